The molecule has 0 spiro atoms. The molecule has 0 saturated carbocycles. The monoisotopic (exact) mass is 416 g/mol. The van der Waals surface area contributed by atoms with Crippen molar-refractivity contribution in [1.82, 2.24) is 0 Å². The summed E-state index contributed by atoms with van der Waals surface area (Å²) < 4.78 is 30.8. The molecular weight excluding hydrogens is 392 g/mol. The van der Waals surface area contributed by atoms with Gasteiger partial charge in [-0.2, -0.15) is 0 Å². The van der Waals surface area contributed by atoms with Gasteiger partial charge in [0.05, 0.1) is 17.5 Å². The number of rotatable bonds is 5. The van der Waals surface area contributed by atoms with Gasteiger partial charge in [-0.1, -0.05) is 18.2 Å². The van der Waals surface area contributed by atoms with E-state index in [4.69, 9.17) is 4.74 Å². The quantitative estimate of drug-likeness (QED) is 0.700. The van der Waals surface area contributed by atoms with Crippen molar-refractivity contribution in [3.05, 3.63) is 59.7 Å². The summed E-state index contributed by atoms with van der Waals surface area (Å²) in [6.45, 7) is 3.35. The topological polar surface area (TPSA) is 84.0 Å². The summed E-state index contributed by atoms with van der Waals surface area (Å²) in [4.78, 5) is 26.6. The van der Waals surface area contributed by atoms with Crippen LogP contribution in [0.4, 0.5) is 11.4 Å². The van der Waals surface area contributed by atoms with Crippen LogP contribution in [0.25, 0.3) is 0 Å². The molecule has 154 valence electrons. The Bertz CT molecular complexity index is 1040. The second-order valence-corrected chi connectivity index (χ2v) is 9.10. The number of sulfonamides is 1. The first-order valence-electron chi connectivity index (χ1n) is 9.25. The number of esters is 1. The van der Waals surface area contributed by atoms with Crippen molar-refractivity contribution >= 4 is 33.3 Å². The van der Waals surface area contributed by atoms with Gasteiger partial charge in [-0.3, -0.25) is 9.10 Å². The molecule has 0 bridgehead atoms. The fourth-order valence-corrected chi connectivity index (χ4v) is 4.83. The lowest BCUT2D eigenvalue weighted by Gasteiger charge is -2.22. The van der Waals surface area contributed by atoms with E-state index in [1.165, 1.54) is 22.2 Å². The number of benzene rings is 2. The molecule has 2 atom stereocenters. The molecule has 0 N–H and O–H groups in total. The smallest absolute Gasteiger partial charge is 0.338 e. The highest BCUT2D eigenvalue weighted by molar-refractivity contribution is 7.92. The number of anilines is 2. The Labute approximate surface area is 170 Å². The Balaban J connectivity index is 1.73. The predicted molar refractivity (Wildman–Crippen MR) is 112 cm³/mol. The van der Waals surface area contributed by atoms with Crippen molar-refractivity contribution in [3.8, 4) is 0 Å². The average molecular weight is 416 g/mol. The van der Waals surface area contributed by atoms with E-state index in [0.717, 1.165) is 11.8 Å². The Hall–Kier alpha value is -2.87. The minimum atomic E-state index is -3.40. The summed E-state index contributed by atoms with van der Waals surface area (Å²) in [6, 6.07) is 13.6. The maximum absolute atomic E-state index is 12.6. The van der Waals surface area contributed by atoms with Gasteiger partial charge in [-0.25, -0.2) is 13.2 Å². The first kappa shape index (κ1) is 20.9. The molecule has 0 aromatic heterocycles. The molecule has 1 aliphatic rings. The number of nitrogens with zero attached hydrogens (tertiary/aromatic N) is 2. The van der Waals surface area contributed by atoms with E-state index in [9.17, 15) is 18.0 Å². The standard InChI is InChI=1S/C21H24N2O5S/c1-14-12-17-13-16(10-11-19(17)23(14)29(4,26)27)21(25)28-15(2)20(24)22(3)18-8-6-5-7-9-18/h5-11,13-15H,12H2,1-4H3. The van der Waals surface area contributed by atoms with Gasteiger partial charge in [0.25, 0.3) is 5.91 Å². The molecule has 2 unspecified atom stereocenters. The molecule has 0 fully saturated rings. The van der Waals surface area contributed by atoms with E-state index in [1.807, 2.05) is 25.1 Å². The van der Waals surface area contributed by atoms with Crippen molar-refractivity contribution in [3.63, 3.8) is 0 Å². The number of hydrogen-bond donors (Lipinski definition) is 0. The lowest BCUT2D eigenvalue weighted by molar-refractivity contribution is -0.126. The van der Waals surface area contributed by atoms with Crippen LogP contribution >= 0.6 is 0 Å². The number of fused-ring (bicyclic) bond motifs is 1. The van der Waals surface area contributed by atoms with Crippen molar-refractivity contribution in [2.75, 3.05) is 22.5 Å². The predicted octanol–water partition coefficient (Wildman–Crippen LogP) is 2.61. The van der Waals surface area contributed by atoms with E-state index in [2.05, 4.69) is 0 Å². The summed E-state index contributed by atoms with van der Waals surface area (Å²) in [7, 11) is -1.77. The maximum atomic E-state index is 12.6. The summed E-state index contributed by atoms with van der Waals surface area (Å²) in [6.07, 6.45) is 0.707. The summed E-state index contributed by atoms with van der Waals surface area (Å²) in [5, 5.41) is 0. The molecule has 0 aliphatic carbocycles. The van der Waals surface area contributed by atoms with Crippen molar-refractivity contribution in [2.24, 2.45) is 0 Å². The van der Waals surface area contributed by atoms with Crippen LogP contribution in [0.5, 0.6) is 0 Å². The Morgan fingerprint density at radius 1 is 1.17 bits per heavy atom. The Morgan fingerprint density at radius 2 is 1.83 bits per heavy atom. The van der Waals surface area contributed by atoms with E-state index < -0.39 is 22.1 Å². The van der Waals surface area contributed by atoms with E-state index in [0.29, 0.717) is 17.8 Å². The van der Waals surface area contributed by atoms with E-state index in [1.54, 1.807) is 31.3 Å². The van der Waals surface area contributed by atoms with Crippen LogP contribution in [-0.4, -0.2) is 45.7 Å². The normalized spacial score (nSPS) is 16.8. The summed E-state index contributed by atoms with van der Waals surface area (Å²) >= 11 is 0. The zero-order valence-corrected chi connectivity index (χ0v) is 17.6. The maximum Gasteiger partial charge on any atom is 0.338 e. The largest absolute Gasteiger partial charge is 0.449 e. The molecule has 7 nitrogen and oxygen atoms in total. The fourth-order valence-electron chi connectivity index (χ4n) is 3.57. The lowest BCUT2D eigenvalue weighted by atomic mass is 10.1. The Morgan fingerprint density at radius 3 is 2.45 bits per heavy atom. The molecule has 2 aromatic carbocycles. The van der Waals surface area contributed by atoms with Gasteiger partial charge in [-0.15, -0.1) is 0 Å². The fraction of sp³-hybridized carbons (Fsp3) is 0.333. The minimum absolute atomic E-state index is 0.216. The first-order chi connectivity index (χ1) is 13.6. The number of amides is 1. The third-order valence-corrected chi connectivity index (χ3v) is 6.20. The van der Waals surface area contributed by atoms with Crippen molar-refractivity contribution in [1.29, 1.82) is 0 Å². The van der Waals surface area contributed by atoms with Crippen LogP contribution in [0, 0.1) is 0 Å². The number of hydrogen-bond acceptors (Lipinski definition) is 5. The van der Waals surface area contributed by atoms with E-state index in [-0.39, 0.29) is 17.5 Å². The zero-order chi connectivity index (χ0) is 21.3. The molecule has 0 radical (unpaired) electrons. The number of carbonyl (C=O) groups is 2. The van der Waals surface area contributed by atoms with Crippen LogP contribution in [0.1, 0.15) is 29.8 Å². The molecule has 3 rings (SSSR count). The molecule has 1 aliphatic heterocycles. The average Bonchev–Trinajstić information content (AvgIpc) is 3.02. The van der Waals surface area contributed by atoms with Gasteiger partial charge in [0, 0.05) is 18.8 Å². The highest BCUT2D eigenvalue weighted by Gasteiger charge is 2.33. The van der Waals surface area contributed by atoms with Gasteiger partial charge < -0.3 is 9.64 Å². The molecular formula is C21H24N2O5S. The van der Waals surface area contributed by atoms with E-state index >= 15 is 0 Å². The van der Waals surface area contributed by atoms with Crippen molar-refractivity contribution < 1.29 is 22.7 Å². The highest BCUT2D eigenvalue weighted by atomic mass is 32.2. The number of likely N-dealkylation sites (N-methyl/N-ethyl adjacent to an activating group) is 1. The summed E-state index contributed by atoms with van der Waals surface area (Å²) in [5.74, 6) is -0.969. The van der Waals surface area contributed by atoms with Crippen LogP contribution in [-0.2, 0) is 26.0 Å². The van der Waals surface area contributed by atoms with Gasteiger partial charge in [-0.05, 0) is 56.2 Å². The Kier molecular flexibility index (Phi) is 5.66. The molecule has 8 heteroatoms. The van der Waals surface area contributed by atoms with Gasteiger partial charge in [0.2, 0.25) is 10.0 Å². The van der Waals surface area contributed by atoms with Gasteiger partial charge >= 0.3 is 5.97 Å². The van der Waals surface area contributed by atoms with Crippen molar-refractivity contribution in [2.45, 2.75) is 32.4 Å². The highest BCUT2D eigenvalue weighted by Crippen LogP contribution is 2.34. The third-order valence-electron chi connectivity index (χ3n) is 4.93. The van der Waals surface area contributed by atoms with Gasteiger partial charge in [0.1, 0.15) is 0 Å². The SMILES string of the molecule is CC(OC(=O)c1ccc2c(c1)CC(C)N2S(C)(=O)=O)C(=O)N(C)c1ccccc1. The number of carbonyl (C=O) groups excluding carboxylic acids is 2. The minimum Gasteiger partial charge on any atom is -0.449 e. The molecule has 0 saturated heterocycles. The number of para-hydroxylation sites is 1. The second-order valence-electron chi connectivity index (χ2n) is 7.24. The molecule has 29 heavy (non-hydrogen) atoms. The second kappa shape index (κ2) is 7.87. The summed E-state index contributed by atoms with van der Waals surface area (Å²) in [5.41, 5.74) is 2.32. The van der Waals surface area contributed by atoms with Crippen LogP contribution < -0.4 is 9.21 Å². The number of ether oxygens (including phenoxy) is 1. The third kappa shape index (κ3) is 4.27. The lowest BCUT2D eigenvalue weighted by Crippen LogP contribution is -2.37. The zero-order valence-electron chi connectivity index (χ0n) is 16.8. The molecule has 1 heterocycles. The molecule has 1 amide bonds. The first-order valence-corrected chi connectivity index (χ1v) is 11.1. The molecule has 2 aromatic rings. The van der Waals surface area contributed by atoms with Crippen LogP contribution in [0.2, 0.25) is 0 Å². The van der Waals surface area contributed by atoms with Crippen LogP contribution in [0.15, 0.2) is 48.5 Å². The van der Waals surface area contributed by atoms with Gasteiger partial charge in [0.15, 0.2) is 6.10 Å². The van der Waals surface area contributed by atoms with Crippen LogP contribution in [0.3, 0.4) is 0 Å².